The molecule has 0 amide bonds. The van der Waals surface area contributed by atoms with Gasteiger partial charge in [0.2, 0.25) is 0 Å². The number of rotatable bonds is 6. The Morgan fingerprint density at radius 3 is 2.20 bits per heavy atom. The molecule has 15 heavy (non-hydrogen) atoms. The van der Waals surface area contributed by atoms with Gasteiger partial charge in [-0.15, -0.1) is 0 Å². The molecule has 0 aromatic carbocycles. The van der Waals surface area contributed by atoms with Gasteiger partial charge in [0.15, 0.2) is 0 Å². The summed E-state index contributed by atoms with van der Waals surface area (Å²) in [6, 6.07) is 0. The van der Waals surface area contributed by atoms with Crippen molar-refractivity contribution in [2.45, 2.75) is 66.7 Å². The van der Waals surface area contributed by atoms with Gasteiger partial charge in [0.05, 0.1) is 0 Å². The van der Waals surface area contributed by atoms with Gasteiger partial charge in [-0.3, -0.25) is 0 Å². The molecule has 0 bridgehead atoms. The summed E-state index contributed by atoms with van der Waals surface area (Å²) in [5.74, 6) is 0.888. The molecular formula is C14H29N. The smallest absolute Gasteiger partial charge is 0.00945 e. The van der Waals surface area contributed by atoms with Gasteiger partial charge in [0.1, 0.15) is 0 Å². The van der Waals surface area contributed by atoms with Gasteiger partial charge in [-0.25, -0.2) is 0 Å². The average molecular weight is 211 g/mol. The fourth-order valence-electron chi connectivity index (χ4n) is 1.74. The predicted molar refractivity (Wildman–Crippen MR) is 69.6 cm³/mol. The molecule has 0 heterocycles. The Morgan fingerprint density at radius 2 is 1.80 bits per heavy atom. The van der Waals surface area contributed by atoms with Crippen LogP contribution in [0.15, 0.2) is 11.8 Å². The lowest BCUT2D eigenvalue weighted by Gasteiger charge is -2.19. The average Bonchev–Trinajstić information content (AvgIpc) is 2.14. The third kappa shape index (κ3) is 6.59. The summed E-state index contributed by atoms with van der Waals surface area (Å²) in [4.78, 5) is 0. The molecule has 0 aromatic rings. The monoisotopic (exact) mass is 211 g/mol. The zero-order chi connectivity index (χ0) is 11.9. The fourth-order valence-corrected chi connectivity index (χ4v) is 1.74. The molecule has 0 saturated carbocycles. The van der Waals surface area contributed by atoms with E-state index in [1.54, 1.807) is 0 Å². The maximum atomic E-state index is 6.01. The number of nitrogens with two attached hydrogens (primary N) is 1. The normalized spacial score (nSPS) is 15.4. The summed E-state index contributed by atoms with van der Waals surface area (Å²) in [7, 11) is 0. The largest absolute Gasteiger partial charge is 0.402 e. The molecule has 1 heteroatoms. The number of hydrogen-bond acceptors (Lipinski definition) is 1. The van der Waals surface area contributed by atoms with E-state index >= 15 is 0 Å². The van der Waals surface area contributed by atoms with Crippen LogP contribution in [0.1, 0.15) is 66.7 Å². The van der Waals surface area contributed by atoms with E-state index in [9.17, 15) is 0 Å². The Labute approximate surface area is 96.1 Å². The van der Waals surface area contributed by atoms with Crippen LogP contribution in [-0.2, 0) is 0 Å². The third-order valence-electron chi connectivity index (χ3n) is 3.08. The lowest BCUT2D eigenvalue weighted by molar-refractivity contribution is 0.432. The summed E-state index contributed by atoms with van der Waals surface area (Å²) in [6.45, 7) is 11.1. The van der Waals surface area contributed by atoms with Crippen LogP contribution in [0.2, 0.25) is 0 Å². The molecule has 1 atom stereocenters. The molecule has 0 aromatic heterocycles. The van der Waals surface area contributed by atoms with Crippen LogP contribution in [0.5, 0.6) is 0 Å². The molecule has 0 radical (unpaired) electrons. The zero-order valence-corrected chi connectivity index (χ0v) is 11.3. The summed E-state index contributed by atoms with van der Waals surface area (Å²) >= 11 is 0. The Hall–Kier alpha value is -0.460. The van der Waals surface area contributed by atoms with Crippen molar-refractivity contribution in [3.8, 4) is 0 Å². The summed E-state index contributed by atoms with van der Waals surface area (Å²) in [5, 5.41) is 0. The van der Waals surface area contributed by atoms with E-state index in [0.717, 1.165) is 18.0 Å². The highest BCUT2D eigenvalue weighted by molar-refractivity contribution is 5.05. The minimum atomic E-state index is 0.131. The van der Waals surface area contributed by atoms with Gasteiger partial charge in [-0.2, -0.15) is 0 Å². The van der Waals surface area contributed by atoms with E-state index < -0.39 is 0 Å². The standard InChI is InChI=1S/C14H29N/c1-6-9-12(7-2)10-8-11-13(15)14(3,4)5/h11-12H,6-10,15H2,1-5H3/b13-11-. The van der Waals surface area contributed by atoms with E-state index in [4.69, 9.17) is 5.73 Å². The van der Waals surface area contributed by atoms with E-state index in [-0.39, 0.29) is 5.41 Å². The number of allylic oxidation sites excluding steroid dienone is 2. The first-order valence-electron chi connectivity index (χ1n) is 6.37. The maximum absolute atomic E-state index is 6.01. The van der Waals surface area contributed by atoms with Gasteiger partial charge >= 0.3 is 0 Å². The highest BCUT2D eigenvalue weighted by Crippen LogP contribution is 2.23. The lowest BCUT2D eigenvalue weighted by atomic mass is 9.90. The zero-order valence-electron chi connectivity index (χ0n) is 11.3. The summed E-state index contributed by atoms with van der Waals surface area (Å²) < 4.78 is 0. The van der Waals surface area contributed by atoms with Crippen LogP contribution >= 0.6 is 0 Å². The van der Waals surface area contributed by atoms with E-state index in [2.05, 4.69) is 40.7 Å². The van der Waals surface area contributed by atoms with Crippen molar-refractivity contribution in [2.24, 2.45) is 17.1 Å². The van der Waals surface area contributed by atoms with Gasteiger partial charge in [-0.1, -0.05) is 60.0 Å². The Kier molecular flexibility index (Phi) is 6.71. The van der Waals surface area contributed by atoms with Crippen molar-refractivity contribution < 1.29 is 0 Å². The second-order valence-corrected chi connectivity index (χ2v) is 5.55. The molecule has 0 saturated heterocycles. The van der Waals surface area contributed by atoms with Crippen LogP contribution in [-0.4, -0.2) is 0 Å². The molecule has 0 fully saturated rings. The van der Waals surface area contributed by atoms with E-state index in [1.165, 1.54) is 25.7 Å². The van der Waals surface area contributed by atoms with Crippen LogP contribution in [0.4, 0.5) is 0 Å². The van der Waals surface area contributed by atoms with E-state index in [1.807, 2.05) is 0 Å². The molecule has 90 valence electrons. The molecule has 1 nitrogen and oxygen atoms in total. The minimum absolute atomic E-state index is 0.131. The molecule has 0 aliphatic heterocycles. The van der Waals surface area contributed by atoms with Gasteiger partial charge < -0.3 is 5.73 Å². The topological polar surface area (TPSA) is 26.0 Å². The SMILES string of the molecule is CCCC(CC)CC/C=C(\N)C(C)(C)C. The van der Waals surface area contributed by atoms with Crippen molar-refractivity contribution >= 4 is 0 Å². The number of hydrogen-bond donors (Lipinski definition) is 1. The minimum Gasteiger partial charge on any atom is -0.402 e. The van der Waals surface area contributed by atoms with Crippen molar-refractivity contribution in [1.29, 1.82) is 0 Å². The highest BCUT2D eigenvalue weighted by atomic mass is 14.6. The predicted octanol–water partition coefficient (Wildman–Crippen LogP) is 4.48. The van der Waals surface area contributed by atoms with E-state index in [0.29, 0.717) is 0 Å². The Morgan fingerprint density at radius 1 is 1.20 bits per heavy atom. The van der Waals surface area contributed by atoms with Crippen LogP contribution in [0, 0.1) is 11.3 Å². The van der Waals surface area contributed by atoms with Crippen LogP contribution in [0.3, 0.4) is 0 Å². The molecule has 0 spiro atoms. The second kappa shape index (κ2) is 6.92. The molecule has 1 unspecified atom stereocenters. The van der Waals surface area contributed by atoms with Crippen molar-refractivity contribution in [3.63, 3.8) is 0 Å². The molecule has 0 rings (SSSR count). The maximum Gasteiger partial charge on any atom is 0.00945 e. The first-order valence-corrected chi connectivity index (χ1v) is 6.37. The second-order valence-electron chi connectivity index (χ2n) is 5.55. The molecule has 0 aliphatic rings. The first kappa shape index (κ1) is 14.5. The van der Waals surface area contributed by atoms with Crippen molar-refractivity contribution in [3.05, 3.63) is 11.8 Å². The summed E-state index contributed by atoms with van der Waals surface area (Å²) in [5.41, 5.74) is 7.18. The third-order valence-corrected chi connectivity index (χ3v) is 3.08. The molecular weight excluding hydrogens is 182 g/mol. The lowest BCUT2D eigenvalue weighted by Crippen LogP contribution is -2.16. The first-order chi connectivity index (χ1) is 6.91. The van der Waals surface area contributed by atoms with Crippen LogP contribution < -0.4 is 5.73 Å². The fraction of sp³-hybridized carbons (Fsp3) is 0.857. The quantitative estimate of drug-likeness (QED) is 0.688. The Balaban J connectivity index is 3.95. The van der Waals surface area contributed by atoms with Gasteiger partial charge in [0, 0.05) is 11.1 Å². The van der Waals surface area contributed by atoms with Crippen LogP contribution in [0.25, 0.3) is 0 Å². The van der Waals surface area contributed by atoms with Gasteiger partial charge in [0.25, 0.3) is 0 Å². The molecule has 0 aliphatic carbocycles. The Bertz CT molecular complexity index is 186. The van der Waals surface area contributed by atoms with Crippen molar-refractivity contribution in [2.75, 3.05) is 0 Å². The molecule has 2 N–H and O–H groups in total. The highest BCUT2D eigenvalue weighted by Gasteiger charge is 2.13. The van der Waals surface area contributed by atoms with Gasteiger partial charge in [-0.05, 0) is 18.8 Å². The van der Waals surface area contributed by atoms with Crippen molar-refractivity contribution in [1.82, 2.24) is 0 Å². The summed E-state index contributed by atoms with van der Waals surface area (Å²) in [6.07, 6.45) is 8.62.